The number of benzene rings is 2. The van der Waals surface area contributed by atoms with Crippen molar-refractivity contribution < 1.29 is 29.6 Å². The van der Waals surface area contributed by atoms with Gasteiger partial charge in [-0.15, -0.1) is 11.8 Å². The van der Waals surface area contributed by atoms with Crippen LogP contribution in [0.1, 0.15) is 80.4 Å². The second-order valence-electron chi connectivity index (χ2n) is 12.7. The molecule has 1 fully saturated rings. The maximum atomic E-state index is 12.0. The summed E-state index contributed by atoms with van der Waals surface area (Å²) in [5.74, 6) is 0.152. The molecule has 0 aromatic heterocycles. The van der Waals surface area contributed by atoms with E-state index in [1.54, 1.807) is 0 Å². The molecule has 8 nitrogen and oxygen atoms in total. The van der Waals surface area contributed by atoms with Crippen LogP contribution in [0.3, 0.4) is 0 Å². The lowest BCUT2D eigenvalue weighted by molar-refractivity contribution is -0.200. The number of hydrogen-bond acceptors (Lipinski definition) is 8. The van der Waals surface area contributed by atoms with Gasteiger partial charge in [-0.1, -0.05) is 75.2 Å². The highest BCUT2D eigenvalue weighted by molar-refractivity contribution is 7.99. The van der Waals surface area contributed by atoms with Gasteiger partial charge in [-0.3, -0.25) is 9.59 Å². The van der Waals surface area contributed by atoms with Gasteiger partial charge in [-0.25, -0.2) is 0 Å². The topological polar surface area (TPSA) is 119 Å². The maximum Gasteiger partial charge on any atom is 0.226 e. The van der Waals surface area contributed by atoms with Crippen molar-refractivity contribution in [2.45, 2.75) is 96.6 Å². The van der Waals surface area contributed by atoms with Crippen LogP contribution in [0.2, 0.25) is 0 Å². The van der Waals surface area contributed by atoms with Crippen molar-refractivity contribution >= 4 is 23.5 Å². The van der Waals surface area contributed by atoms with Crippen LogP contribution in [0.25, 0.3) is 0 Å². The fraction of sp³-hybridized carbons (Fsp3) is 0.600. The van der Waals surface area contributed by atoms with Gasteiger partial charge in [-0.2, -0.15) is 0 Å². The third-order valence-corrected chi connectivity index (χ3v) is 8.78. The molecule has 246 valence electrons. The van der Waals surface area contributed by atoms with Gasteiger partial charge in [0.05, 0.1) is 5.41 Å². The van der Waals surface area contributed by atoms with Gasteiger partial charge in [0.15, 0.2) is 0 Å². The van der Waals surface area contributed by atoms with Crippen LogP contribution in [0, 0.1) is 19.3 Å². The molecule has 2 aromatic carbocycles. The molecule has 0 radical (unpaired) electrons. The number of nitrogens with zero attached hydrogens (tertiary/aromatic N) is 1. The smallest absolute Gasteiger partial charge is 0.226 e. The summed E-state index contributed by atoms with van der Waals surface area (Å²) in [5.41, 5.74) is 4.42. The zero-order chi connectivity index (χ0) is 33.0. The zero-order valence-corrected chi connectivity index (χ0v) is 28.6. The lowest BCUT2D eigenvalue weighted by atomic mass is 9.85. The molecule has 1 saturated heterocycles. The van der Waals surface area contributed by atoms with E-state index in [0.717, 1.165) is 36.9 Å². The van der Waals surface area contributed by atoms with Crippen LogP contribution >= 0.6 is 11.8 Å². The number of carbonyl (C=O) groups is 2. The van der Waals surface area contributed by atoms with Gasteiger partial charge in [0.2, 0.25) is 5.91 Å². The highest BCUT2D eigenvalue weighted by Gasteiger charge is 2.44. The molecule has 1 heterocycles. The first-order chi connectivity index (χ1) is 20.7. The first-order valence-corrected chi connectivity index (χ1v) is 16.8. The number of ether oxygens (including phenoxy) is 1. The second kappa shape index (κ2) is 18.0. The Morgan fingerprint density at radius 2 is 1.66 bits per heavy atom. The minimum atomic E-state index is -1.23. The van der Waals surface area contributed by atoms with Gasteiger partial charge in [0, 0.05) is 25.9 Å². The highest BCUT2D eigenvalue weighted by Crippen LogP contribution is 2.36. The standard InChI is InChI=1S/C21H26O4S.C14H28N2O2/c1-12-4-7-14(8-5-12)10-16-11-15(9-6-13(16)2)20-18(23)17(22)19(24)21(25-20)26-3;1-6-7-8-12(17)11-14(2,3)13(18)15-9-10-16(4)5/h4-9,11,17-24H,10H2,1-3H3;6-11H2,1-5H3,(H,15,18)/t17-,18-,19+,20+,21-;/m1./s1. The third kappa shape index (κ3) is 11.6. The molecule has 0 saturated carbocycles. The number of unbranched alkanes of at least 4 members (excludes halogenated alkanes) is 1. The number of ketones is 1. The predicted octanol–water partition coefficient (Wildman–Crippen LogP) is 4.58. The molecule has 44 heavy (non-hydrogen) atoms. The van der Waals surface area contributed by atoms with Crippen molar-refractivity contribution in [2.24, 2.45) is 5.41 Å². The van der Waals surface area contributed by atoms with Crippen LogP contribution in [0.15, 0.2) is 42.5 Å². The molecule has 1 amide bonds. The SMILES string of the molecule is CCCCC(=O)CC(C)(C)C(=O)NCCN(C)C.CS[C@H]1O[C@@H](c2ccc(C)c(Cc3ccc(C)cc3)c2)[C@H](O)[C@@H](O)[C@@H]1O. The van der Waals surface area contributed by atoms with E-state index in [1.807, 2.05) is 57.3 Å². The molecular formula is C35H54N2O6S. The molecule has 1 aliphatic rings. The van der Waals surface area contributed by atoms with Crippen LogP contribution in [0.4, 0.5) is 0 Å². The third-order valence-electron chi connectivity index (χ3n) is 7.93. The molecule has 3 rings (SSSR count). The number of aliphatic hydroxyl groups excluding tert-OH is 3. The number of aryl methyl sites for hydroxylation is 2. The number of Topliss-reactive ketones (excluding diaryl/α,β-unsaturated/α-hetero) is 1. The van der Waals surface area contributed by atoms with Crippen molar-refractivity contribution in [1.82, 2.24) is 10.2 Å². The number of nitrogens with one attached hydrogen (secondary N) is 1. The Hall–Kier alpha value is -2.27. The molecule has 5 atom stereocenters. The second-order valence-corrected chi connectivity index (χ2v) is 13.7. The Kier molecular flexibility index (Phi) is 15.5. The summed E-state index contributed by atoms with van der Waals surface area (Å²) in [6, 6.07) is 14.4. The fourth-order valence-electron chi connectivity index (χ4n) is 4.97. The highest BCUT2D eigenvalue weighted by atomic mass is 32.2. The quantitative estimate of drug-likeness (QED) is 0.254. The minimum absolute atomic E-state index is 0.0331. The van der Waals surface area contributed by atoms with E-state index >= 15 is 0 Å². The summed E-state index contributed by atoms with van der Waals surface area (Å²) in [5, 5.41) is 33.5. The minimum Gasteiger partial charge on any atom is -0.387 e. The van der Waals surface area contributed by atoms with E-state index < -0.39 is 35.3 Å². The van der Waals surface area contributed by atoms with E-state index in [9.17, 15) is 24.9 Å². The summed E-state index contributed by atoms with van der Waals surface area (Å²) in [6.45, 7) is 11.3. The molecule has 0 bridgehead atoms. The number of likely N-dealkylation sites (N-methyl/N-ethyl adjacent to an activating group) is 1. The molecular weight excluding hydrogens is 576 g/mol. The van der Waals surface area contributed by atoms with Crippen molar-refractivity contribution in [1.29, 1.82) is 0 Å². The Bertz CT molecular complexity index is 1180. The number of rotatable bonds is 13. The van der Waals surface area contributed by atoms with Gasteiger partial charge in [0.25, 0.3) is 0 Å². The Morgan fingerprint density at radius 3 is 2.25 bits per heavy atom. The number of hydrogen-bond donors (Lipinski definition) is 4. The first kappa shape index (κ1) is 37.9. The fourth-order valence-corrected chi connectivity index (χ4v) is 5.64. The number of amides is 1. The molecule has 1 aliphatic heterocycles. The van der Waals surface area contributed by atoms with Crippen LogP contribution in [-0.4, -0.2) is 89.1 Å². The molecule has 0 aliphatic carbocycles. The summed E-state index contributed by atoms with van der Waals surface area (Å²) in [7, 11) is 3.93. The average Bonchev–Trinajstić information content (AvgIpc) is 2.97. The Balaban J connectivity index is 0.000000331. The van der Waals surface area contributed by atoms with Gasteiger partial charge < -0.3 is 30.3 Å². The summed E-state index contributed by atoms with van der Waals surface area (Å²) in [6.07, 6.45) is 1.30. The molecule has 9 heteroatoms. The zero-order valence-electron chi connectivity index (χ0n) is 27.8. The summed E-state index contributed by atoms with van der Waals surface area (Å²) in [4.78, 5) is 25.7. The Labute approximate surface area is 268 Å². The molecule has 0 unspecified atom stereocenters. The number of thioether (sulfide) groups is 1. The van der Waals surface area contributed by atoms with Crippen LogP contribution in [-0.2, 0) is 20.7 Å². The molecule has 2 aromatic rings. The van der Waals surface area contributed by atoms with Crippen LogP contribution < -0.4 is 5.32 Å². The van der Waals surface area contributed by atoms with Gasteiger partial charge in [-0.05, 0) is 69.3 Å². The number of aliphatic hydroxyl groups is 3. The lowest BCUT2D eigenvalue weighted by Crippen LogP contribution is -2.52. The van der Waals surface area contributed by atoms with Gasteiger partial charge in [0.1, 0.15) is 35.6 Å². The monoisotopic (exact) mass is 630 g/mol. The molecule has 0 spiro atoms. The van der Waals surface area contributed by atoms with E-state index in [4.69, 9.17) is 4.74 Å². The van der Waals surface area contributed by atoms with Crippen molar-refractivity contribution in [3.63, 3.8) is 0 Å². The predicted molar refractivity (Wildman–Crippen MR) is 179 cm³/mol. The van der Waals surface area contributed by atoms with E-state index in [1.165, 1.54) is 28.5 Å². The van der Waals surface area contributed by atoms with Crippen molar-refractivity contribution in [3.05, 3.63) is 70.3 Å². The van der Waals surface area contributed by atoms with Crippen molar-refractivity contribution in [3.8, 4) is 0 Å². The average molecular weight is 631 g/mol. The van der Waals surface area contributed by atoms with Gasteiger partial charge >= 0.3 is 0 Å². The van der Waals surface area contributed by atoms with E-state index in [2.05, 4.69) is 50.4 Å². The largest absolute Gasteiger partial charge is 0.387 e. The first-order valence-electron chi connectivity index (χ1n) is 15.5. The van der Waals surface area contributed by atoms with Crippen LogP contribution in [0.5, 0.6) is 0 Å². The lowest BCUT2D eigenvalue weighted by Gasteiger charge is -2.40. The van der Waals surface area contributed by atoms with E-state index in [-0.39, 0.29) is 11.7 Å². The normalized spacial score (nSPS) is 21.9. The number of carbonyl (C=O) groups excluding carboxylic acids is 2. The maximum absolute atomic E-state index is 12.0. The Morgan fingerprint density at radius 1 is 1.00 bits per heavy atom. The van der Waals surface area contributed by atoms with E-state index in [0.29, 0.717) is 19.4 Å². The van der Waals surface area contributed by atoms with Crippen molar-refractivity contribution in [2.75, 3.05) is 33.4 Å². The molecule has 4 N–H and O–H groups in total. The summed E-state index contributed by atoms with van der Waals surface area (Å²) < 4.78 is 5.88. The summed E-state index contributed by atoms with van der Waals surface area (Å²) >= 11 is 1.33.